The Balaban J connectivity index is 1.99. The van der Waals surface area contributed by atoms with Crippen LogP contribution in [0.25, 0.3) is 0 Å². The number of methoxy groups -OCH3 is 1. The molecule has 196 valence electrons. The summed E-state index contributed by atoms with van der Waals surface area (Å²) in [5.74, 6) is -0.162. The highest BCUT2D eigenvalue weighted by Crippen LogP contribution is 2.25. The molecule has 0 heterocycles. The number of anilines is 1. The molecule has 0 saturated carbocycles. The summed E-state index contributed by atoms with van der Waals surface area (Å²) in [4.78, 5) is 28.0. The molecular weight excluding hydrogens is 490 g/mol. The molecular formula is C28H33N3O5S. The molecule has 9 heteroatoms. The summed E-state index contributed by atoms with van der Waals surface area (Å²) in [6, 6.07) is 21.2. The van der Waals surface area contributed by atoms with Gasteiger partial charge in [0.15, 0.2) is 0 Å². The fourth-order valence-corrected chi connectivity index (χ4v) is 5.23. The Bertz CT molecular complexity index is 1290. The molecule has 3 aromatic carbocycles. The van der Waals surface area contributed by atoms with Gasteiger partial charge < -0.3 is 15.0 Å². The third-order valence-electron chi connectivity index (χ3n) is 5.96. The standard InChI is InChI=1S/C28H33N3O5S/c1-5-29-28(33)22(3)30(19-23-13-17-25(36-4)18-14-23)27(32)20-31(24-15-11-21(2)12-16-24)37(34,35)26-9-7-6-8-10-26/h6-18,22H,5,19-20H2,1-4H3,(H,29,33)/t22-/m0/s1. The average molecular weight is 524 g/mol. The van der Waals surface area contributed by atoms with Gasteiger partial charge in [0.05, 0.1) is 17.7 Å². The number of likely N-dealkylation sites (N-methyl/N-ethyl adjacent to an activating group) is 1. The maximum Gasteiger partial charge on any atom is 0.264 e. The molecule has 3 rings (SSSR count). The molecule has 0 aliphatic rings. The van der Waals surface area contributed by atoms with Crippen LogP contribution < -0.4 is 14.4 Å². The lowest BCUT2D eigenvalue weighted by molar-refractivity contribution is -0.139. The number of hydrogen-bond acceptors (Lipinski definition) is 5. The minimum absolute atomic E-state index is 0.0712. The van der Waals surface area contributed by atoms with Gasteiger partial charge in [0, 0.05) is 13.1 Å². The van der Waals surface area contributed by atoms with Gasteiger partial charge in [-0.3, -0.25) is 13.9 Å². The van der Waals surface area contributed by atoms with Gasteiger partial charge in [-0.2, -0.15) is 0 Å². The molecule has 0 saturated heterocycles. The lowest BCUT2D eigenvalue weighted by Gasteiger charge is -2.32. The molecule has 1 atom stereocenters. The maximum absolute atomic E-state index is 13.8. The first kappa shape index (κ1) is 27.7. The molecule has 0 radical (unpaired) electrons. The van der Waals surface area contributed by atoms with E-state index in [0.29, 0.717) is 18.0 Å². The Morgan fingerprint density at radius 2 is 1.57 bits per heavy atom. The van der Waals surface area contributed by atoms with Crippen molar-refractivity contribution in [2.45, 2.75) is 38.3 Å². The summed E-state index contributed by atoms with van der Waals surface area (Å²) in [6.45, 7) is 5.38. The van der Waals surface area contributed by atoms with Crippen molar-refractivity contribution >= 4 is 27.5 Å². The summed E-state index contributed by atoms with van der Waals surface area (Å²) in [5.41, 5.74) is 2.09. The number of nitrogens with zero attached hydrogens (tertiary/aromatic N) is 2. The van der Waals surface area contributed by atoms with E-state index >= 15 is 0 Å². The van der Waals surface area contributed by atoms with E-state index in [1.54, 1.807) is 75.6 Å². The number of amides is 2. The van der Waals surface area contributed by atoms with Crippen molar-refractivity contribution in [1.82, 2.24) is 10.2 Å². The van der Waals surface area contributed by atoms with Crippen LogP contribution in [0.2, 0.25) is 0 Å². The Kier molecular flexibility index (Phi) is 9.30. The zero-order chi connectivity index (χ0) is 27.0. The minimum atomic E-state index is -4.06. The summed E-state index contributed by atoms with van der Waals surface area (Å²) < 4.78 is 33.6. The molecule has 0 aromatic heterocycles. The van der Waals surface area contributed by atoms with Crippen LogP contribution >= 0.6 is 0 Å². The predicted molar refractivity (Wildman–Crippen MR) is 144 cm³/mol. The smallest absolute Gasteiger partial charge is 0.264 e. The number of ether oxygens (including phenoxy) is 1. The number of carbonyl (C=O) groups excluding carboxylic acids is 2. The van der Waals surface area contributed by atoms with E-state index < -0.39 is 28.5 Å². The second-order valence-electron chi connectivity index (χ2n) is 8.60. The number of hydrogen-bond donors (Lipinski definition) is 1. The maximum atomic E-state index is 13.8. The van der Waals surface area contributed by atoms with Crippen molar-refractivity contribution in [1.29, 1.82) is 0 Å². The zero-order valence-electron chi connectivity index (χ0n) is 21.5. The van der Waals surface area contributed by atoms with E-state index in [2.05, 4.69) is 5.32 Å². The first-order valence-corrected chi connectivity index (χ1v) is 13.5. The van der Waals surface area contributed by atoms with Crippen molar-refractivity contribution < 1.29 is 22.7 Å². The predicted octanol–water partition coefficient (Wildman–Crippen LogP) is 3.75. The van der Waals surface area contributed by atoms with Crippen molar-refractivity contribution in [3.05, 3.63) is 90.0 Å². The summed E-state index contributed by atoms with van der Waals surface area (Å²) >= 11 is 0. The van der Waals surface area contributed by atoms with Crippen LogP contribution in [-0.4, -0.2) is 51.4 Å². The van der Waals surface area contributed by atoms with Crippen molar-refractivity contribution in [2.75, 3.05) is 24.5 Å². The molecule has 3 aromatic rings. The van der Waals surface area contributed by atoms with E-state index in [0.717, 1.165) is 15.4 Å². The molecule has 0 aliphatic heterocycles. The monoisotopic (exact) mass is 523 g/mol. The molecule has 0 spiro atoms. The lowest BCUT2D eigenvalue weighted by Crippen LogP contribution is -2.51. The highest BCUT2D eigenvalue weighted by Gasteiger charge is 2.32. The Hall–Kier alpha value is -3.85. The van der Waals surface area contributed by atoms with E-state index in [4.69, 9.17) is 4.74 Å². The number of carbonyl (C=O) groups is 2. The van der Waals surface area contributed by atoms with Gasteiger partial charge in [-0.15, -0.1) is 0 Å². The topological polar surface area (TPSA) is 96.0 Å². The second kappa shape index (κ2) is 12.4. The van der Waals surface area contributed by atoms with Gasteiger partial charge in [0.1, 0.15) is 18.3 Å². The van der Waals surface area contributed by atoms with Gasteiger partial charge in [0.25, 0.3) is 10.0 Å². The molecule has 0 bridgehead atoms. The number of nitrogens with one attached hydrogen (secondary N) is 1. The molecule has 1 N–H and O–H groups in total. The van der Waals surface area contributed by atoms with Crippen LogP contribution in [0.5, 0.6) is 5.75 Å². The van der Waals surface area contributed by atoms with Crippen molar-refractivity contribution in [3.8, 4) is 5.75 Å². The molecule has 0 aliphatic carbocycles. The molecule has 2 amide bonds. The van der Waals surface area contributed by atoms with E-state index in [1.165, 1.54) is 17.0 Å². The van der Waals surface area contributed by atoms with Crippen molar-refractivity contribution in [3.63, 3.8) is 0 Å². The zero-order valence-corrected chi connectivity index (χ0v) is 22.4. The van der Waals surface area contributed by atoms with Gasteiger partial charge in [0.2, 0.25) is 11.8 Å². The highest BCUT2D eigenvalue weighted by atomic mass is 32.2. The number of benzene rings is 3. The highest BCUT2D eigenvalue weighted by molar-refractivity contribution is 7.92. The summed E-state index contributed by atoms with van der Waals surface area (Å²) in [5, 5.41) is 2.75. The van der Waals surface area contributed by atoms with Crippen LogP contribution in [0.4, 0.5) is 5.69 Å². The van der Waals surface area contributed by atoms with Crippen LogP contribution in [0.1, 0.15) is 25.0 Å². The fraction of sp³-hybridized carbons (Fsp3) is 0.286. The van der Waals surface area contributed by atoms with Crippen molar-refractivity contribution in [2.24, 2.45) is 0 Å². The first-order chi connectivity index (χ1) is 17.7. The second-order valence-corrected chi connectivity index (χ2v) is 10.5. The third kappa shape index (κ3) is 6.89. The number of rotatable bonds is 11. The Labute approximate surface area is 218 Å². The third-order valence-corrected chi connectivity index (χ3v) is 7.75. The van der Waals surface area contributed by atoms with Gasteiger partial charge in [-0.1, -0.05) is 48.0 Å². The van der Waals surface area contributed by atoms with E-state index in [-0.39, 0.29) is 17.3 Å². The summed E-state index contributed by atoms with van der Waals surface area (Å²) in [6.07, 6.45) is 0. The first-order valence-electron chi connectivity index (χ1n) is 12.0. The van der Waals surface area contributed by atoms with E-state index in [9.17, 15) is 18.0 Å². The largest absolute Gasteiger partial charge is 0.497 e. The van der Waals surface area contributed by atoms with Gasteiger partial charge in [-0.05, 0) is 62.7 Å². The number of sulfonamides is 1. The van der Waals surface area contributed by atoms with Crippen LogP contribution in [0.15, 0.2) is 83.8 Å². The van der Waals surface area contributed by atoms with Gasteiger partial charge in [-0.25, -0.2) is 8.42 Å². The molecule has 0 fully saturated rings. The Morgan fingerprint density at radius 3 is 2.14 bits per heavy atom. The molecule has 8 nitrogen and oxygen atoms in total. The molecule has 0 unspecified atom stereocenters. The normalized spacial score (nSPS) is 11.9. The lowest BCUT2D eigenvalue weighted by atomic mass is 10.1. The SMILES string of the molecule is CCNC(=O)[C@H](C)N(Cc1ccc(OC)cc1)C(=O)CN(c1ccc(C)cc1)S(=O)(=O)c1ccccc1. The molecule has 37 heavy (non-hydrogen) atoms. The Morgan fingerprint density at radius 1 is 0.946 bits per heavy atom. The quantitative estimate of drug-likeness (QED) is 0.413. The minimum Gasteiger partial charge on any atom is -0.497 e. The van der Waals surface area contributed by atoms with Gasteiger partial charge >= 0.3 is 0 Å². The summed E-state index contributed by atoms with van der Waals surface area (Å²) in [7, 11) is -2.50. The number of aryl methyl sites for hydroxylation is 1. The van der Waals surface area contributed by atoms with Crippen LogP contribution in [0, 0.1) is 6.92 Å². The van der Waals surface area contributed by atoms with E-state index in [1.807, 2.05) is 19.1 Å². The average Bonchev–Trinajstić information content (AvgIpc) is 2.91. The van der Waals surface area contributed by atoms with Crippen LogP contribution in [0.3, 0.4) is 0 Å². The fourth-order valence-electron chi connectivity index (χ4n) is 3.79. The van der Waals surface area contributed by atoms with Crippen LogP contribution in [-0.2, 0) is 26.2 Å².